The largest absolute Gasteiger partial charge is 0.491 e. The molecule has 2 atom stereocenters. The van der Waals surface area contributed by atoms with Crippen LogP contribution in [0.2, 0.25) is 0 Å². The van der Waals surface area contributed by atoms with Gasteiger partial charge in [-0.05, 0) is 44.9 Å². The van der Waals surface area contributed by atoms with Crippen LogP contribution in [0, 0.1) is 24.7 Å². The van der Waals surface area contributed by atoms with E-state index in [2.05, 4.69) is 16.8 Å². The van der Waals surface area contributed by atoms with Crippen molar-refractivity contribution in [3.63, 3.8) is 0 Å². The van der Waals surface area contributed by atoms with Gasteiger partial charge in [0.25, 0.3) is 5.56 Å². The second-order valence-electron chi connectivity index (χ2n) is 7.61. The number of nitrogens with zero attached hydrogens (tertiary/aromatic N) is 2. The first-order chi connectivity index (χ1) is 14.1. The predicted octanol–water partition coefficient (Wildman–Crippen LogP) is 2.72. The average molecular weight is 394 g/mol. The number of rotatable bonds is 5. The van der Waals surface area contributed by atoms with E-state index in [4.69, 9.17) is 14.2 Å². The summed E-state index contributed by atoms with van der Waals surface area (Å²) in [5, 5.41) is 0. The highest BCUT2D eigenvalue weighted by molar-refractivity contribution is 5.34. The van der Waals surface area contributed by atoms with Gasteiger partial charge in [0.1, 0.15) is 18.5 Å². The third-order valence-electron chi connectivity index (χ3n) is 5.15. The lowest BCUT2D eigenvalue weighted by Crippen LogP contribution is -2.33. The molecule has 0 bridgehead atoms. The number of hydrogen-bond acceptors (Lipinski definition) is 5. The van der Waals surface area contributed by atoms with E-state index < -0.39 is 0 Å². The molecule has 0 amide bonds. The highest BCUT2D eigenvalue weighted by Gasteiger charge is 2.18. The molecule has 29 heavy (non-hydrogen) atoms. The zero-order valence-electron chi connectivity index (χ0n) is 16.9. The molecule has 6 nitrogen and oxygen atoms in total. The summed E-state index contributed by atoms with van der Waals surface area (Å²) in [4.78, 5) is 17.3. The molecule has 6 heteroatoms. The van der Waals surface area contributed by atoms with Crippen LogP contribution in [0.3, 0.4) is 0 Å². The third kappa shape index (κ3) is 5.06. The number of hydrogen-bond donors (Lipinski definition) is 0. The van der Waals surface area contributed by atoms with Crippen molar-refractivity contribution in [2.75, 3.05) is 26.4 Å². The van der Waals surface area contributed by atoms with Gasteiger partial charge >= 0.3 is 0 Å². The van der Waals surface area contributed by atoms with Crippen molar-refractivity contribution in [2.45, 2.75) is 38.8 Å². The molecular weight excluding hydrogens is 368 g/mol. The highest BCUT2D eigenvalue weighted by Crippen LogP contribution is 2.27. The van der Waals surface area contributed by atoms with Gasteiger partial charge in [-0.3, -0.25) is 9.78 Å². The molecule has 1 saturated carbocycles. The molecule has 3 heterocycles. The monoisotopic (exact) mass is 394 g/mol. The first kappa shape index (κ1) is 19.7. The van der Waals surface area contributed by atoms with Crippen LogP contribution in [0.25, 0.3) is 0 Å². The van der Waals surface area contributed by atoms with Crippen LogP contribution in [0.4, 0.5) is 0 Å². The van der Waals surface area contributed by atoms with E-state index in [0.29, 0.717) is 38.1 Å². The summed E-state index contributed by atoms with van der Waals surface area (Å²) < 4.78 is 18.4. The maximum absolute atomic E-state index is 12.8. The molecule has 0 spiro atoms. The minimum atomic E-state index is -0.183. The quantitative estimate of drug-likeness (QED) is 0.730. The Bertz CT molecular complexity index is 961. The highest BCUT2D eigenvalue weighted by atomic mass is 16.6. The zero-order chi connectivity index (χ0) is 20.2. The Morgan fingerprint density at radius 3 is 2.83 bits per heavy atom. The molecule has 0 radical (unpaired) electrons. The van der Waals surface area contributed by atoms with E-state index in [-0.39, 0.29) is 17.7 Å². The maximum Gasteiger partial charge on any atom is 0.255 e. The van der Waals surface area contributed by atoms with Gasteiger partial charge < -0.3 is 18.8 Å². The van der Waals surface area contributed by atoms with Crippen LogP contribution in [-0.2, 0) is 9.47 Å². The fraction of sp³-hybridized carbons (Fsp3) is 0.478. The van der Waals surface area contributed by atoms with Gasteiger partial charge in [-0.15, -0.1) is 0 Å². The normalized spacial score (nSPS) is 19.9. The van der Waals surface area contributed by atoms with E-state index in [9.17, 15) is 4.79 Å². The molecule has 4 rings (SSSR count). The topological polar surface area (TPSA) is 62.6 Å². The van der Waals surface area contributed by atoms with E-state index in [1.54, 1.807) is 10.8 Å². The van der Waals surface area contributed by atoms with Gasteiger partial charge in [-0.25, -0.2) is 0 Å². The lowest BCUT2D eigenvalue weighted by atomic mass is 10.1. The molecule has 2 fully saturated rings. The average Bonchev–Trinajstić information content (AvgIpc) is 3.56. The van der Waals surface area contributed by atoms with Crippen molar-refractivity contribution in [3.8, 4) is 17.6 Å². The summed E-state index contributed by atoms with van der Waals surface area (Å²) in [6.45, 7) is 5.94. The summed E-state index contributed by atoms with van der Waals surface area (Å²) in [6.07, 6.45) is 4.10. The Kier molecular flexibility index (Phi) is 5.98. The molecule has 2 aromatic rings. The summed E-state index contributed by atoms with van der Waals surface area (Å²) >= 11 is 0. The molecular formula is C23H26N2O4. The minimum Gasteiger partial charge on any atom is -0.491 e. The lowest BCUT2D eigenvalue weighted by molar-refractivity contribution is -0.101. The second-order valence-corrected chi connectivity index (χ2v) is 7.61. The van der Waals surface area contributed by atoms with Crippen LogP contribution in [0.15, 0.2) is 35.3 Å². The van der Waals surface area contributed by atoms with Gasteiger partial charge in [0.05, 0.1) is 31.6 Å². The van der Waals surface area contributed by atoms with Crippen LogP contribution < -0.4 is 10.3 Å². The Balaban J connectivity index is 1.45. The Labute approximate surface area is 170 Å². The van der Waals surface area contributed by atoms with Crippen molar-refractivity contribution < 1.29 is 14.2 Å². The SMILES string of the molecule is Cc1cc(OC[C@@H]2COCCO2)cc(=O)n1C(C)c1ccc(C#CC2CC2)cn1. The fourth-order valence-electron chi connectivity index (χ4n) is 3.36. The smallest absolute Gasteiger partial charge is 0.255 e. The fourth-order valence-corrected chi connectivity index (χ4v) is 3.36. The molecule has 0 aromatic carbocycles. The second kappa shape index (κ2) is 8.81. The van der Waals surface area contributed by atoms with Gasteiger partial charge in [-0.1, -0.05) is 11.8 Å². The predicted molar refractivity (Wildman–Crippen MR) is 109 cm³/mol. The van der Waals surface area contributed by atoms with Crippen LogP contribution >= 0.6 is 0 Å². The van der Waals surface area contributed by atoms with Crippen LogP contribution in [0.1, 0.15) is 42.8 Å². The number of aromatic nitrogens is 2. The van der Waals surface area contributed by atoms with Gasteiger partial charge in [0.15, 0.2) is 0 Å². The van der Waals surface area contributed by atoms with Crippen LogP contribution in [-0.4, -0.2) is 42.1 Å². The molecule has 1 aliphatic carbocycles. The van der Waals surface area contributed by atoms with E-state index in [0.717, 1.165) is 17.0 Å². The van der Waals surface area contributed by atoms with E-state index in [1.807, 2.05) is 32.0 Å². The maximum atomic E-state index is 12.8. The van der Waals surface area contributed by atoms with Crippen LogP contribution in [0.5, 0.6) is 5.75 Å². The van der Waals surface area contributed by atoms with Crippen molar-refractivity contribution >= 4 is 0 Å². The van der Waals surface area contributed by atoms with Gasteiger partial charge in [-0.2, -0.15) is 0 Å². The molecule has 0 N–H and O–H groups in total. The Morgan fingerprint density at radius 2 is 2.17 bits per heavy atom. The van der Waals surface area contributed by atoms with Crippen molar-refractivity contribution in [2.24, 2.45) is 5.92 Å². The first-order valence-corrected chi connectivity index (χ1v) is 10.1. The van der Waals surface area contributed by atoms with Crippen molar-refractivity contribution in [1.29, 1.82) is 0 Å². The van der Waals surface area contributed by atoms with Gasteiger partial charge in [0.2, 0.25) is 0 Å². The molecule has 2 aromatic heterocycles. The summed E-state index contributed by atoms with van der Waals surface area (Å²) in [6, 6.07) is 7.12. The molecule has 1 aliphatic heterocycles. The standard InChI is InChI=1S/C23H26N2O4/c1-16-11-20(29-15-21-14-27-9-10-28-21)12-23(26)25(16)17(2)22-8-7-19(13-24-22)6-5-18-3-4-18/h7-8,11-13,17-18,21H,3-4,9-10,14-15H2,1-2H3/t17?,21-/m0/s1. The summed E-state index contributed by atoms with van der Waals surface area (Å²) in [5.74, 6) is 7.51. The van der Waals surface area contributed by atoms with Crippen molar-refractivity contribution in [1.82, 2.24) is 9.55 Å². The summed E-state index contributed by atoms with van der Waals surface area (Å²) in [7, 11) is 0. The Morgan fingerprint density at radius 1 is 1.31 bits per heavy atom. The molecule has 2 aliphatic rings. The number of ether oxygens (including phenoxy) is 3. The van der Waals surface area contributed by atoms with E-state index in [1.165, 1.54) is 18.9 Å². The Hall–Kier alpha value is -2.62. The molecule has 152 valence electrons. The van der Waals surface area contributed by atoms with E-state index >= 15 is 0 Å². The number of aryl methyl sites for hydroxylation is 1. The zero-order valence-corrected chi connectivity index (χ0v) is 16.9. The number of pyridine rings is 2. The first-order valence-electron chi connectivity index (χ1n) is 10.1. The van der Waals surface area contributed by atoms with Gasteiger partial charge in [0, 0.05) is 29.4 Å². The lowest BCUT2D eigenvalue weighted by Gasteiger charge is -2.23. The van der Waals surface area contributed by atoms with Crippen molar-refractivity contribution in [3.05, 3.63) is 57.8 Å². The third-order valence-corrected chi connectivity index (χ3v) is 5.15. The molecule has 1 unspecified atom stereocenters. The minimum absolute atomic E-state index is 0.101. The molecule has 1 saturated heterocycles. The summed E-state index contributed by atoms with van der Waals surface area (Å²) in [5.41, 5.74) is 2.44.